The standard InChI is InChI=1S/C63H106O6/c1-4-7-10-13-16-19-22-25-28-30-31-33-36-39-42-45-48-51-54-57-63(66)69-60(58-67-61(64)55-52-49-46-43-40-37-34-27-24-21-18-15-12-9-6-3)59-68-62(65)56-53-50-47-44-41-38-35-32-29-26-23-20-17-14-11-8-5-2/h8,11,16-17,19-20,25-29,34-35,38,44,47,60H,4-7,9-10,12-15,18,21-24,30-33,36-37,39-43,45-46,48-59H2,1-3H3/b11-8-,19-16-,20-17-,28-25-,29-26-,34-27-,38-35-,47-44-/t60-/m0/s1. The van der Waals surface area contributed by atoms with Crippen LogP contribution in [0.2, 0.25) is 0 Å². The van der Waals surface area contributed by atoms with Crippen molar-refractivity contribution in [1.29, 1.82) is 0 Å². The summed E-state index contributed by atoms with van der Waals surface area (Å²) in [5.74, 6) is -0.971. The minimum absolute atomic E-state index is 0.101. The molecule has 6 nitrogen and oxygen atoms in total. The highest BCUT2D eigenvalue weighted by atomic mass is 16.6. The van der Waals surface area contributed by atoms with Crippen molar-refractivity contribution >= 4 is 17.9 Å². The van der Waals surface area contributed by atoms with Crippen LogP contribution in [0.5, 0.6) is 0 Å². The molecule has 0 heterocycles. The largest absolute Gasteiger partial charge is 0.462 e. The fourth-order valence-electron chi connectivity index (χ4n) is 7.74. The third-order valence-electron chi connectivity index (χ3n) is 12.0. The molecule has 0 aliphatic carbocycles. The fraction of sp³-hybridized carbons (Fsp3) is 0.698. The van der Waals surface area contributed by atoms with Crippen LogP contribution in [0.1, 0.15) is 265 Å². The van der Waals surface area contributed by atoms with E-state index in [0.29, 0.717) is 19.3 Å². The number of rotatable bonds is 51. The van der Waals surface area contributed by atoms with Gasteiger partial charge in [-0.05, 0) is 116 Å². The Morgan fingerprint density at radius 3 is 0.986 bits per heavy atom. The molecule has 0 fully saturated rings. The van der Waals surface area contributed by atoms with Crippen molar-refractivity contribution in [3.8, 4) is 0 Å². The topological polar surface area (TPSA) is 78.9 Å². The quantitative estimate of drug-likeness (QED) is 0.0262. The van der Waals surface area contributed by atoms with Crippen LogP contribution in [0.15, 0.2) is 97.2 Å². The smallest absolute Gasteiger partial charge is 0.306 e. The molecule has 0 amide bonds. The lowest BCUT2D eigenvalue weighted by atomic mass is 10.1. The van der Waals surface area contributed by atoms with Crippen molar-refractivity contribution in [3.63, 3.8) is 0 Å². The zero-order valence-electron chi connectivity index (χ0n) is 45.0. The molecular formula is C63H106O6. The van der Waals surface area contributed by atoms with Crippen LogP contribution in [0.3, 0.4) is 0 Å². The Bertz CT molecular complexity index is 1380. The molecule has 0 bridgehead atoms. The van der Waals surface area contributed by atoms with Crippen molar-refractivity contribution in [3.05, 3.63) is 97.2 Å². The van der Waals surface area contributed by atoms with Gasteiger partial charge in [0.05, 0.1) is 0 Å². The second-order valence-electron chi connectivity index (χ2n) is 18.8. The highest BCUT2D eigenvalue weighted by molar-refractivity contribution is 5.71. The van der Waals surface area contributed by atoms with Gasteiger partial charge in [-0.1, -0.05) is 227 Å². The summed E-state index contributed by atoms with van der Waals surface area (Å²) in [5, 5.41) is 0. The first-order valence-corrected chi connectivity index (χ1v) is 28.7. The number of carbonyl (C=O) groups excluding carboxylic acids is 3. The lowest BCUT2D eigenvalue weighted by Gasteiger charge is -2.18. The molecule has 0 aromatic carbocycles. The molecule has 0 N–H and O–H groups in total. The SMILES string of the molecule is CC/C=C\C/C=C\C/C=C\C/C=C\C/C=C\CCCC(=O)OC[C@H](COC(=O)CCCCCCC/C=C\CCCCCCCC)OC(=O)CCCCCCCCCCC/C=C\C/C=C\CCCCC. The maximum atomic E-state index is 12.9. The van der Waals surface area contributed by atoms with E-state index in [0.717, 1.165) is 89.9 Å². The molecule has 0 saturated heterocycles. The minimum Gasteiger partial charge on any atom is -0.462 e. The van der Waals surface area contributed by atoms with Crippen molar-refractivity contribution in [1.82, 2.24) is 0 Å². The maximum absolute atomic E-state index is 12.9. The number of hydrogen-bond donors (Lipinski definition) is 0. The zero-order chi connectivity index (χ0) is 50.0. The average Bonchev–Trinajstić information content (AvgIpc) is 3.35. The number of esters is 3. The van der Waals surface area contributed by atoms with Gasteiger partial charge in [-0.25, -0.2) is 0 Å². The van der Waals surface area contributed by atoms with Crippen LogP contribution in [-0.4, -0.2) is 37.2 Å². The minimum atomic E-state index is -0.807. The molecule has 6 heteroatoms. The summed E-state index contributed by atoms with van der Waals surface area (Å²) in [6, 6.07) is 0. The molecule has 0 rings (SSSR count). The van der Waals surface area contributed by atoms with Crippen LogP contribution < -0.4 is 0 Å². The molecule has 0 aromatic heterocycles. The lowest BCUT2D eigenvalue weighted by molar-refractivity contribution is -0.167. The van der Waals surface area contributed by atoms with Gasteiger partial charge in [-0.3, -0.25) is 14.4 Å². The molecule has 0 aromatic rings. The first-order valence-electron chi connectivity index (χ1n) is 28.7. The molecule has 394 valence electrons. The average molecular weight is 960 g/mol. The van der Waals surface area contributed by atoms with Crippen molar-refractivity contribution in [2.45, 2.75) is 271 Å². The molecule has 69 heavy (non-hydrogen) atoms. The third-order valence-corrected chi connectivity index (χ3v) is 12.0. The van der Waals surface area contributed by atoms with Crippen LogP contribution >= 0.6 is 0 Å². The van der Waals surface area contributed by atoms with Crippen molar-refractivity contribution in [2.24, 2.45) is 0 Å². The Labute approximate surface area is 426 Å². The summed E-state index contributed by atoms with van der Waals surface area (Å²) in [5.41, 5.74) is 0. The molecule has 0 unspecified atom stereocenters. The molecule has 0 aliphatic heterocycles. The van der Waals surface area contributed by atoms with Gasteiger partial charge in [0.25, 0.3) is 0 Å². The van der Waals surface area contributed by atoms with E-state index in [-0.39, 0.29) is 37.5 Å². The molecule has 0 saturated carbocycles. The van der Waals surface area contributed by atoms with Crippen LogP contribution in [0, 0.1) is 0 Å². The number of ether oxygens (including phenoxy) is 3. The first-order chi connectivity index (χ1) is 34.0. The van der Waals surface area contributed by atoms with Gasteiger partial charge in [0.2, 0.25) is 0 Å². The Hall–Kier alpha value is -3.67. The number of hydrogen-bond acceptors (Lipinski definition) is 6. The van der Waals surface area contributed by atoms with Gasteiger partial charge in [0.15, 0.2) is 6.10 Å². The summed E-state index contributed by atoms with van der Waals surface area (Å²) < 4.78 is 16.8. The second-order valence-corrected chi connectivity index (χ2v) is 18.8. The molecule has 1 atom stereocenters. The summed E-state index contributed by atoms with van der Waals surface area (Å²) in [7, 11) is 0. The van der Waals surface area contributed by atoms with E-state index in [1.165, 1.54) is 128 Å². The maximum Gasteiger partial charge on any atom is 0.306 e. The van der Waals surface area contributed by atoms with E-state index in [4.69, 9.17) is 14.2 Å². The van der Waals surface area contributed by atoms with E-state index >= 15 is 0 Å². The molecule has 0 radical (unpaired) electrons. The van der Waals surface area contributed by atoms with E-state index in [1.54, 1.807) is 0 Å². The van der Waals surface area contributed by atoms with Crippen LogP contribution in [0.25, 0.3) is 0 Å². The van der Waals surface area contributed by atoms with E-state index in [2.05, 4.69) is 118 Å². The number of carbonyl (C=O) groups is 3. The van der Waals surface area contributed by atoms with Crippen LogP contribution in [0.4, 0.5) is 0 Å². The Morgan fingerprint density at radius 2 is 0.580 bits per heavy atom. The summed E-state index contributed by atoms with van der Waals surface area (Å²) in [4.78, 5) is 38.1. The van der Waals surface area contributed by atoms with Gasteiger partial charge >= 0.3 is 17.9 Å². The summed E-state index contributed by atoms with van der Waals surface area (Å²) in [6.07, 6.45) is 75.4. The van der Waals surface area contributed by atoms with Gasteiger partial charge < -0.3 is 14.2 Å². The Morgan fingerprint density at radius 1 is 0.304 bits per heavy atom. The molecular weight excluding hydrogens is 853 g/mol. The van der Waals surface area contributed by atoms with E-state index in [1.807, 2.05) is 0 Å². The number of allylic oxidation sites excluding steroid dienone is 16. The van der Waals surface area contributed by atoms with Gasteiger partial charge in [0, 0.05) is 19.3 Å². The Balaban J connectivity index is 4.48. The Kier molecular flexibility index (Phi) is 53.9. The number of unbranched alkanes of at least 4 members (excludes halogenated alkanes) is 24. The summed E-state index contributed by atoms with van der Waals surface area (Å²) >= 11 is 0. The van der Waals surface area contributed by atoms with Crippen molar-refractivity contribution in [2.75, 3.05) is 13.2 Å². The fourth-order valence-corrected chi connectivity index (χ4v) is 7.74. The van der Waals surface area contributed by atoms with E-state index < -0.39 is 6.10 Å². The monoisotopic (exact) mass is 959 g/mol. The predicted molar refractivity (Wildman–Crippen MR) is 297 cm³/mol. The summed E-state index contributed by atoms with van der Waals surface area (Å²) in [6.45, 7) is 6.44. The van der Waals surface area contributed by atoms with Gasteiger partial charge in [-0.2, -0.15) is 0 Å². The highest BCUT2D eigenvalue weighted by Gasteiger charge is 2.19. The zero-order valence-corrected chi connectivity index (χ0v) is 45.0. The molecule has 0 aliphatic rings. The van der Waals surface area contributed by atoms with Crippen LogP contribution in [-0.2, 0) is 28.6 Å². The first kappa shape index (κ1) is 65.3. The second kappa shape index (κ2) is 56.9. The third kappa shape index (κ3) is 55.1. The van der Waals surface area contributed by atoms with Gasteiger partial charge in [0.1, 0.15) is 13.2 Å². The van der Waals surface area contributed by atoms with Gasteiger partial charge in [-0.15, -0.1) is 0 Å². The van der Waals surface area contributed by atoms with Crippen molar-refractivity contribution < 1.29 is 28.6 Å². The molecule has 0 spiro atoms. The predicted octanol–water partition coefficient (Wildman–Crippen LogP) is 19.3. The van der Waals surface area contributed by atoms with E-state index in [9.17, 15) is 14.4 Å². The highest BCUT2D eigenvalue weighted by Crippen LogP contribution is 2.14. The normalized spacial score (nSPS) is 12.8. The lowest BCUT2D eigenvalue weighted by Crippen LogP contribution is -2.30.